The zero-order valence-electron chi connectivity index (χ0n) is 20.0. The second-order valence-corrected chi connectivity index (χ2v) is 10.6. The number of sulfonamides is 1. The van der Waals surface area contributed by atoms with Gasteiger partial charge in [0, 0.05) is 22.3 Å². The van der Waals surface area contributed by atoms with E-state index in [2.05, 4.69) is 4.98 Å². The number of halogens is 5. The molecular formula is C25H21ClF4N4O3S. The summed E-state index contributed by atoms with van der Waals surface area (Å²) in [6, 6.07) is 9.31. The lowest BCUT2D eigenvalue weighted by molar-refractivity contribution is -0.147. The lowest BCUT2D eigenvalue weighted by Crippen LogP contribution is -2.42. The molecule has 4 rings (SSSR count). The number of fused-ring (bicyclic) bond motifs is 1. The maximum Gasteiger partial charge on any atom is 0.404 e. The number of aryl methyl sites for hydroxylation is 1. The van der Waals surface area contributed by atoms with E-state index in [-0.39, 0.29) is 22.3 Å². The summed E-state index contributed by atoms with van der Waals surface area (Å²) >= 11 is 6.21. The quantitative estimate of drug-likeness (QED) is 0.292. The van der Waals surface area contributed by atoms with E-state index >= 15 is 0 Å². The molecule has 38 heavy (non-hydrogen) atoms. The zero-order chi connectivity index (χ0) is 28.0. The Morgan fingerprint density at radius 2 is 1.89 bits per heavy atom. The summed E-state index contributed by atoms with van der Waals surface area (Å²) in [6.07, 6.45) is -3.57. The van der Waals surface area contributed by atoms with Gasteiger partial charge in [0.15, 0.2) is 0 Å². The number of rotatable bonds is 7. The highest BCUT2D eigenvalue weighted by Crippen LogP contribution is 2.37. The van der Waals surface area contributed by atoms with Gasteiger partial charge in [-0.3, -0.25) is 9.78 Å². The molecule has 0 aliphatic carbocycles. The van der Waals surface area contributed by atoms with Gasteiger partial charge in [0.2, 0.25) is 10.0 Å². The smallest absolute Gasteiger partial charge is 0.366 e. The zero-order valence-corrected chi connectivity index (χ0v) is 21.5. The summed E-state index contributed by atoms with van der Waals surface area (Å²) in [4.78, 5) is 16.3. The first-order valence-electron chi connectivity index (χ1n) is 11.2. The number of aromatic nitrogens is 2. The van der Waals surface area contributed by atoms with Crippen LogP contribution in [-0.2, 0) is 16.4 Å². The number of nitrogens with two attached hydrogens (primary N) is 1. The van der Waals surface area contributed by atoms with Crippen LogP contribution in [-0.4, -0.2) is 36.1 Å². The Morgan fingerprint density at radius 3 is 2.45 bits per heavy atom. The third-order valence-corrected chi connectivity index (χ3v) is 7.70. The first-order chi connectivity index (χ1) is 17.7. The van der Waals surface area contributed by atoms with Gasteiger partial charge in [-0.25, -0.2) is 12.8 Å². The number of carbonyl (C=O) groups excluding carboxylic acids is 1. The summed E-state index contributed by atoms with van der Waals surface area (Å²) in [5.41, 5.74) is 7.12. The Balaban J connectivity index is 1.97. The number of carbonyl (C=O) groups is 1. The number of nitrogens with zero attached hydrogens (tertiary/aromatic N) is 2. The number of hydrogen-bond acceptors (Lipinski definition) is 4. The van der Waals surface area contributed by atoms with Gasteiger partial charge in [0.1, 0.15) is 16.8 Å². The highest BCUT2D eigenvalue weighted by molar-refractivity contribution is 7.89. The van der Waals surface area contributed by atoms with E-state index in [9.17, 15) is 30.8 Å². The van der Waals surface area contributed by atoms with Crippen LogP contribution in [0.3, 0.4) is 0 Å². The van der Waals surface area contributed by atoms with Crippen molar-refractivity contribution in [3.63, 3.8) is 0 Å². The fourth-order valence-corrected chi connectivity index (χ4v) is 5.40. The van der Waals surface area contributed by atoms with E-state index in [0.717, 1.165) is 12.3 Å². The van der Waals surface area contributed by atoms with Crippen molar-refractivity contribution < 1.29 is 30.8 Å². The van der Waals surface area contributed by atoms with Crippen LogP contribution >= 0.6 is 11.6 Å². The van der Waals surface area contributed by atoms with Crippen molar-refractivity contribution in [2.24, 2.45) is 5.73 Å². The van der Waals surface area contributed by atoms with Crippen molar-refractivity contribution in [2.45, 2.75) is 37.4 Å². The van der Waals surface area contributed by atoms with Gasteiger partial charge in [-0.1, -0.05) is 24.6 Å². The van der Waals surface area contributed by atoms with Crippen LogP contribution in [0.1, 0.15) is 29.8 Å². The molecule has 4 aromatic rings. The maximum absolute atomic E-state index is 14.8. The van der Waals surface area contributed by atoms with E-state index < -0.39 is 38.9 Å². The number of benzene rings is 2. The first kappa shape index (κ1) is 27.6. The number of primary amides is 1. The SMILES string of the molecule is CCc1cc2c(cc1F)c(C(N)=O)c(-c1ccc(S(=O)(=O)NC(C)C(F)(F)F)cn1)n2-c1cccc(Cl)c1. The topological polar surface area (TPSA) is 107 Å². The molecule has 2 aromatic carbocycles. The van der Waals surface area contributed by atoms with Gasteiger partial charge in [0.25, 0.3) is 5.91 Å². The molecule has 0 bridgehead atoms. The number of alkyl halides is 3. The second-order valence-electron chi connectivity index (χ2n) is 8.48. The van der Waals surface area contributed by atoms with Crippen LogP contribution in [0.25, 0.3) is 28.0 Å². The minimum atomic E-state index is -4.79. The van der Waals surface area contributed by atoms with Gasteiger partial charge in [0.05, 0.1) is 22.5 Å². The molecule has 0 saturated heterocycles. The third kappa shape index (κ3) is 5.11. The van der Waals surface area contributed by atoms with E-state index in [0.29, 0.717) is 35.1 Å². The van der Waals surface area contributed by atoms with Gasteiger partial charge < -0.3 is 10.3 Å². The summed E-state index contributed by atoms with van der Waals surface area (Å²) in [5.74, 6) is -1.44. The Morgan fingerprint density at radius 1 is 1.18 bits per heavy atom. The molecule has 0 fully saturated rings. The average Bonchev–Trinajstić information content (AvgIpc) is 3.16. The van der Waals surface area contributed by atoms with Gasteiger partial charge in [-0.2, -0.15) is 17.9 Å². The maximum atomic E-state index is 14.8. The Kier molecular flexibility index (Phi) is 7.26. The largest absolute Gasteiger partial charge is 0.404 e. The highest BCUT2D eigenvalue weighted by atomic mass is 35.5. The molecule has 0 aliphatic rings. The number of pyridine rings is 1. The van der Waals surface area contributed by atoms with E-state index in [1.807, 2.05) is 0 Å². The highest BCUT2D eigenvalue weighted by Gasteiger charge is 2.39. The van der Waals surface area contributed by atoms with Crippen molar-refractivity contribution in [3.8, 4) is 17.1 Å². The lowest BCUT2D eigenvalue weighted by Gasteiger charge is -2.17. The molecule has 200 valence electrons. The monoisotopic (exact) mass is 568 g/mol. The lowest BCUT2D eigenvalue weighted by atomic mass is 10.0. The van der Waals surface area contributed by atoms with Crippen molar-refractivity contribution in [3.05, 3.63) is 76.7 Å². The van der Waals surface area contributed by atoms with Crippen LogP contribution in [0.15, 0.2) is 59.6 Å². The van der Waals surface area contributed by atoms with Crippen molar-refractivity contribution in [1.82, 2.24) is 14.3 Å². The fraction of sp³-hybridized carbons (Fsp3) is 0.200. The molecule has 13 heteroatoms. The van der Waals surface area contributed by atoms with Crippen LogP contribution in [0.2, 0.25) is 5.02 Å². The van der Waals surface area contributed by atoms with E-state index in [4.69, 9.17) is 17.3 Å². The molecule has 0 saturated carbocycles. The minimum Gasteiger partial charge on any atom is -0.366 e. The summed E-state index contributed by atoms with van der Waals surface area (Å²) in [6.45, 7) is 2.44. The van der Waals surface area contributed by atoms with Crippen molar-refractivity contribution in [2.75, 3.05) is 0 Å². The molecule has 0 aliphatic heterocycles. The summed E-state index contributed by atoms with van der Waals surface area (Å²) in [7, 11) is -4.57. The number of hydrogen-bond donors (Lipinski definition) is 2. The van der Waals surface area contributed by atoms with Gasteiger partial charge >= 0.3 is 6.18 Å². The van der Waals surface area contributed by atoms with Crippen LogP contribution in [0, 0.1) is 5.82 Å². The Labute approximate surface area is 220 Å². The van der Waals surface area contributed by atoms with Crippen molar-refractivity contribution >= 4 is 38.4 Å². The molecule has 1 atom stereocenters. The minimum absolute atomic E-state index is 0.0660. The second kappa shape index (κ2) is 10.0. The molecule has 1 unspecified atom stereocenters. The van der Waals surface area contributed by atoms with Gasteiger partial charge in [-0.05, 0) is 61.4 Å². The summed E-state index contributed by atoms with van der Waals surface area (Å²) < 4.78 is 81.6. The predicted octanol–water partition coefficient (Wildman–Crippen LogP) is 5.38. The molecule has 0 spiro atoms. The van der Waals surface area contributed by atoms with E-state index in [1.54, 1.807) is 46.5 Å². The number of amides is 1. The van der Waals surface area contributed by atoms with Crippen LogP contribution < -0.4 is 10.5 Å². The first-order valence-corrected chi connectivity index (χ1v) is 13.1. The molecule has 2 aromatic heterocycles. The van der Waals surface area contributed by atoms with Crippen molar-refractivity contribution in [1.29, 1.82) is 0 Å². The molecule has 3 N–H and O–H groups in total. The Bertz CT molecular complexity index is 1650. The predicted molar refractivity (Wildman–Crippen MR) is 135 cm³/mol. The summed E-state index contributed by atoms with van der Waals surface area (Å²) in [5, 5.41) is 0.564. The fourth-order valence-electron chi connectivity index (χ4n) is 4.04. The van der Waals surface area contributed by atoms with Crippen LogP contribution in [0.4, 0.5) is 17.6 Å². The Hall–Kier alpha value is -3.48. The number of nitrogens with one attached hydrogen (secondary N) is 1. The van der Waals surface area contributed by atoms with E-state index in [1.165, 1.54) is 12.1 Å². The normalized spacial score (nSPS) is 13.1. The van der Waals surface area contributed by atoms with Crippen LogP contribution in [0.5, 0.6) is 0 Å². The average molecular weight is 569 g/mol. The standard InChI is InChI=1S/C25H21ClF4N4O3S/c1-3-14-9-21-18(11-19(14)27)22(24(31)35)23(34(21)16-6-4-5-15(26)10-16)20-8-7-17(12-32-20)38(36,37)33-13(2)25(28,29)30/h4-13,33H,3H2,1-2H3,(H2,31,35). The third-order valence-electron chi connectivity index (χ3n) is 5.94. The molecule has 2 heterocycles. The molecule has 1 amide bonds. The molecule has 7 nitrogen and oxygen atoms in total. The molecule has 0 radical (unpaired) electrons. The van der Waals surface area contributed by atoms with Gasteiger partial charge in [-0.15, -0.1) is 0 Å². The molecular weight excluding hydrogens is 548 g/mol.